The Labute approximate surface area is 168 Å². The molecule has 3 rings (SSSR count). The fourth-order valence-electron chi connectivity index (χ4n) is 3.47. The number of halogens is 1. The van der Waals surface area contributed by atoms with Crippen molar-refractivity contribution in [3.63, 3.8) is 0 Å². The van der Waals surface area contributed by atoms with Crippen molar-refractivity contribution in [2.45, 2.75) is 58.8 Å². The van der Waals surface area contributed by atoms with E-state index in [1.165, 1.54) is 24.8 Å². The molecule has 1 aromatic heterocycles. The summed E-state index contributed by atoms with van der Waals surface area (Å²) < 4.78 is 14.5. The molecule has 0 radical (unpaired) electrons. The Bertz CT molecular complexity index is 866. The lowest BCUT2D eigenvalue weighted by molar-refractivity contribution is 0.627. The number of aryl methyl sites for hydroxylation is 2. The zero-order valence-corrected chi connectivity index (χ0v) is 17.0. The lowest BCUT2D eigenvalue weighted by Crippen LogP contribution is -1.92. The van der Waals surface area contributed by atoms with E-state index in [-0.39, 0.29) is 5.82 Å². The molecule has 1 heterocycles. The largest absolute Gasteiger partial charge is 0.256 e. The topological polar surface area (TPSA) is 12.9 Å². The summed E-state index contributed by atoms with van der Waals surface area (Å²) in [6.07, 6.45) is 9.88. The maximum Gasteiger partial charge on any atom is 0.132 e. The highest BCUT2D eigenvalue weighted by Gasteiger charge is 2.08. The Balaban J connectivity index is 1.71. The van der Waals surface area contributed by atoms with E-state index in [1.807, 2.05) is 30.5 Å². The normalized spacial score (nSPS) is 11.0. The summed E-state index contributed by atoms with van der Waals surface area (Å²) in [7, 11) is 0. The van der Waals surface area contributed by atoms with Gasteiger partial charge in [0.2, 0.25) is 0 Å². The maximum atomic E-state index is 14.5. The molecule has 0 atom stereocenters. The lowest BCUT2D eigenvalue weighted by atomic mass is 10.0. The van der Waals surface area contributed by atoms with E-state index in [0.29, 0.717) is 11.3 Å². The van der Waals surface area contributed by atoms with Gasteiger partial charge in [-0.15, -0.1) is 0 Å². The van der Waals surface area contributed by atoms with E-state index in [1.54, 1.807) is 6.07 Å². The molecule has 0 aliphatic rings. The second-order valence-corrected chi connectivity index (χ2v) is 7.50. The quantitative estimate of drug-likeness (QED) is 0.350. The van der Waals surface area contributed by atoms with Gasteiger partial charge in [0.05, 0.1) is 5.69 Å². The van der Waals surface area contributed by atoms with Crippen molar-refractivity contribution in [1.29, 1.82) is 0 Å². The van der Waals surface area contributed by atoms with Gasteiger partial charge in [0.1, 0.15) is 5.82 Å². The summed E-state index contributed by atoms with van der Waals surface area (Å²) in [5, 5.41) is 0. The summed E-state index contributed by atoms with van der Waals surface area (Å²) in [4.78, 5) is 4.52. The van der Waals surface area contributed by atoms with Gasteiger partial charge in [0.15, 0.2) is 0 Å². The Hall–Kier alpha value is -2.48. The summed E-state index contributed by atoms with van der Waals surface area (Å²) in [6, 6.07) is 18.2. The molecule has 1 nitrogen and oxygen atoms in total. The Morgan fingerprint density at radius 1 is 0.714 bits per heavy atom. The van der Waals surface area contributed by atoms with Crippen LogP contribution >= 0.6 is 0 Å². The minimum absolute atomic E-state index is 0.190. The number of rotatable bonds is 9. The molecular weight excluding hydrogens is 345 g/mol. The smallest absolute Gasteiger partial charge is 0.132 e. The molecule has 0 spiro atoms. The number of unbranched alkanes of at least 4 members (excludes halogenated alkanes) is 3. The van der Waals surface area contributed by atoms with Crippen LogP contribution in [0.5, 0.6) is 0 Å². The zero-order valence-electron chi connectivity index (χ0n) is 17.0. The average molecular weight is 376 g/mol. The molecule has 0 aliphatic carbocycles. The average Bonchev–Trinajstić information content (AvgIpc) is 2.73. The second-order valence-electron chi connectivity index (χ2n) is 7.50. The molecule has 0 saturated heterocycles. The zero-order chi connectivity index (χ0) is 19.8. The summed E-state index contributed by atoms with van der Waals surface area (Å²) >= 11 is 0. The molecule has 0 bridgehead atoms. The maximum absolute atomic E-state index is 14.5. The van der Waals surface area contributed by atoms with Crippen molar-refractivity contribution in [1.82, 2.24) is 4.98 Å². The van der Waals surface area contributed by atoms with Gasteiger partial charge < -0.3 is 0 Å². The number of pyridine rings is 1. The second kappa shape index (κ2) is 10.2. The SMILES string of the molecule is CCCCCc1ccc(-c2ccc(-c3ccc(CCCC)cc3F)nc2)cc1. The third-order valence-corrected chi connectivity index (χ3v) is 5.25. The van der Waals surface area contributed by atoms with Crippen molar-refractivity contribution in [3.8, 4) is 22.4 Å². The van der Waals surface area contributed by atoms with E-state index in [2.05, 4.69) is 43.1 Å². The highest BCUT2D eigenvalue weighted by atomic mass is 19.1. The minimum Gasteiger partial charge on any atom is -0.256 e. The molecule has 146 valence electrons. The third-order valence-electron chi connectivity index (χ3n) is 5.25. The molecule has 2 heteroatoms. The number of nitrogens with zero attached hydrogens (tertiary/aromatic N) is 1. The molecule has 0 fully saturated rings. The Morgan fingerprint density at radius 3 is 2.04 bits per heavy atom. The van der Waals surface area contributed by atoms with Crippen molar-refractivity contribution >= 4 is 0 Å². The lowest BCUT2D eigenvalue weighted by Gasteiger charge is -2.08. The Morgan fingerprint density at radius 2 is 1.39 bits per heavy atom. The van der Waals surface area contributed by atoms with Gasteiger partial charge in [-0.3, -0.25) is 4.98 Å². The summed E-state index contributed by atoms with van der Waals surface area (Å²) in [6.45, 7) is 4.38. The van der Waals surface area contributed by atoms with Crippen LogP contribution < -0.4 is 0 Å². The van der Waals surface area contributed by atoms with Gasteiger partial charge in [-0.25, -0.2) is 4.39 Å². The van der Waals surface area contributed by atoms with E-state index in [9.17, 15) is 4.39 Å². The predicted molar refractivity (Wildman–Crippen MR) is 117 cm³/mol. The molecule has 0 saturated carbocycles. The molecule has 0 unspecified atom stereocenters. The fraction of sp³-hybridized carbons (Fsp3) is 0.346. The van der Waals surface area contributed by atoms with Crippen LogP contribution in [0, 0.1) is 5.82 Å². The first-order valence-corrected chi connectivity index (χ1v) is 10.6. The van der Waals surface area contributed by atoms with Crippen LogP contribution in [0.15, 0.2) is 60.8 Å². The molecular formula is C26H30FN. The fourth-order valence-corrected chi connectivity index (χ4v) is 3.47. The Kier molecular flexibility index (Phi) is 7.36. The van der Waals surface area contributed by atoms with E-state index >= 15 is 0 Å². The monoisotopic (exact) mass is 375 g/mol. The first-order chi connectivity index (χ1) is 13.7. The van der Waals surface area contributed by atoms with Crippen molar-refractivity contribution in [2.24, 2.45) is 0 Å². The van der Waals surface area contributed by atoms with Crippen molar-refractivity contribution in [3.05, 3.63) is 77.7 Å². The first kappa shape index (κ1) is 20.3. The van der Waals surface area contributed by atoms with E-state index < -0.39 is 0 Å². The standard InChI is InChI=1S/C26H30FN/c1-3-5-7-9-20-10-13-22(14-11-20)23-15-17-26(28-19-23)24-16-12-21(8-6-4-2)18-25(24)27/h10-19H,3-9H2,1-2H3. The molecule has 3 aromatic rings. The molecule has 0 amide bonds. The van der Waals surface area contributed by atoms with Crippen molar-refractivity contribution in [2.75, 3.05) is 0 Å². The first-order valence-electron chi connectivity index (χ1n) is 10.6. The van der Waals surface area contributed by atoms with Crippen LogP contribution in [-0.2, 0) is 12.8 Å². The predicted octanol–water partition coefficient (Wildman–Crippen LogP) is 7.63. The van der Waals surface area contributed by atoms with Crippen LogP contribution in [0.4, 0.5) is 4.39 Å². The van der Waals surface area contributed by atoms with Crippen LogP contribution in [0.2, 0.25) is 0 Å². The summed E-state index contributed by atoms with van der Waals surface area (Å²) in [5.41, 5.74) is 5.89. The van der Waals surface area contributed by atoms with Crippen LogP contribution in [-0.4, -0.2) is 4.98 Å². The van der Waals surface area contributed by atoms with Crippen LogP contribution in [0.1, 0.15) is 57.1 Å². The van der Waals surface area contributed by atoms with E-state index in [4.69, 9.17) is 0 Å². The van der Waals surface area contributed by atoms with Crippen molar-refractivity contribution < 1.29 is 4.39 Å². The molecule has 0 aliphatic heterocycles. The number of hydrogen-bond donors (Lipinski definition) is 0. The molecule has 2 aromatic carbocycles. The summed E-state index contributed by atoms with van der Waals surface area (Å²) in [5.74, 6) is -0.190. The van der Waals surface area contributed by atoms with Gasteiger partial charge in [-0.1, -0.05) is 69.5 Å². The third kappa shape index (κ3) is 5.28. The van der Waals surface area contributed by atoms with Gasteiger partial charge >= 0.3 is 0 Å². The van der Waals surface area contributed by atoms with Gasteiger partial charge in [0.25, 0.3) is 0 Å². The molecule has 0 N–H and O–H groups in total. The van der Waals surface area contributed by atoms with Gasteiger partial charge in [0, 0.05) is 17.3 Å². The highest BCUT2D eigenvalue weighted by Crippen LogP contribution is 2.26. The number of hydrogen-bond acceptors (Lipinski definition) is 1. The van der Waals surface area contributed by atoms with Gasteiger partial charge in [-0.2, -0.15) is 0 Å². The van der Waals surface area contributed by atoms with Gasteiger partial charge in [-0.05, 0) is 60.6 Å². The highest BCUT2D eigenvalue weighted by molar-refractivity contribution is 5.67. The minimum atomic E-state index is -0.190. The number of aromatic nitrogens is 1. The molecule has 28 heavy (non-hydrogen) atoms. The van der Waals surface area contributed by atoms with E-state index in [0.717, 1.165) is 42.4 Å². The van der Waals surface area contributed by atoms with Crippen LogP contribution in [0.25, 0.3) is 22.4 Å². The number of benzene rings is 2. The van der Waals surface area contributed by atoms with Crippen LogP contribution in [0.3, 0.4) is 0 Å².